The van der Waals surface area contributed by atoms with Crippen LogP contribution in [0, 0.1) is 11.3 Å². The summed E-state index contributed by atoms with van der Waals surface area (Å²) in [5.41, 5.74) is 9.19. The molecule has 1 unspecified atom stereocenters. The molecule has 172 valence electrons. The summed E-state index contributed by atoms with van der Waals surface area (Å²) < 4.78 is 17.1. The molecule has 0 aromatic heterocycles. The number of ether oxygens (including phenoxy) is 3. The summed E-state index contributed by atoms with van der Waals surface area (Å²) in [6.07, 6.45) is 11.1. The number of nitrogens with two attached hydrogens (primary N) is 1. The van der Waals surface area contributed by atoms with Crippen LogP contribution in [0.15, 0.2) is 23.2 Å². The van der Waals surface area contributed by atoms with Crippen LogP contribution in [0.4, 0.5) is 0 Å². The molecule has 4 rings (SSSR count). The van der Waals surface area contributed by atoms with Gasteiger partial charge in [0, 0.05) is 26.7 Å². The fourth-order valence-corrected chi connectivity index (χ4v) is 5.82. The lowest BCUT2D eigenvalue weighted by molar-refractivity contribution is 0.0208. The van der Waals surface area contributed by atoms with Crippen LogP contribution >= 0.6 is 0 Å². The minimum atomic E-state index is 0.0506. The van der Waals surface area contributed by atoms with Crippen LogP contribution in [0.3, 0.4) is 0 Å². The zero-order valence-electron chi connectivity index (χ0n) is 19.4. The summed E-state index contributed by atoms with van der Waals surface area (Å²) in [7, 11) is 5.43. The smallest absolute Gasteiger partial charge is 0.193 e. The Morgan fingerprint density at radius 2 is 1.90 bits per heavy atom. The van der Waals surface area contributed by atoms with Gasteiger partial charge in [-0.2, -0.15) is 0 Å². The number of hydrogen-bond acceptors (Lipinski definition) is 4. The lowest BCUT2D eigenvalue weighted by Crippen LogP contribution is -2.38. The Labute approximate surface area is 187 Å². The summed E-state index contributed by atoms with van der Waals surface area (Å²) in [6, 6.07) is 6.69. The number of nitrogens with zero attached hydrogens (tertiary/aromatic N) is 2. The van der Waals surface area contributed by atoms with E-state index in [0.29, 0.717) is 24.7 Å². The Balaban J connectivity index is 1.59. The molecule has 0 amide bonds. The van der Waals surface area contributed by atoms with Crippen LogP contribution in [0.2, 0.25) is 0 Å². The Hall–Kier alpha value is -1.79. The highest BCUT2D eigenvalue weighted by atomic mass is 16.5. The molecule has 1 aromatic rings. The van der Waals surface area contributed by atoms with Gasteiger partial charge in [0.25, 0.3) is 0 Å². The molecular weight excluding hydrogens is 390 g/mol. The van der Waals surface area contributed by atoms with E-state index in [1.807, 2.05) is 19.1 Å². The van der Waals surface area contributed by atoms with Crippen molar-refractivity contribution >= 4 is 5.96 Å². The first-order valence-electron chi connectivity index (χ1n) is 11.9. The Kier molecular flexibility index (Phi) is 7.07. The van der Waals surface area contributed by atoms with Crippen molar-refractivity contribution in [2.75, 3.05) is 34.6 Å². The molecule has 1 spiro atoms. The minimum Gasteiger partial charge on any atom is -0.493 e. The standard InChI is InChI=1S/C25H39N3O3/c1-28(17-29-2)24(26)27-23-22-14-21(31-16-18-6-4-5-7-18)9-8-19(22)15-25(23)12-10-20(30-3)11-13-25/h8-9,14,18,20,23H,4-7,10-13,15-17H2,1-3H3,(H2,26,27). The molecule has 1 aromatic carbocycles. The third kappa shape index (κ3) is 4.85. The summed E-state index contributed by atoms with van der Waals surface area (Å²) in [6.45, 7) is 1.25. The predicted molar refractivity (Wildman–Crippen MR) is 123 cm³/mol. The summed E-state index contributed by atoms with van der Waals surface area (Å²) in [4.78, 5) is 6.95. The molecule has 6 nitrogen and oxygen atoms in total. The van der Waals surface area contributed by atoms with E-state index < -0.39 is 0 Å². The molecule has 3 aliphatic rings. The number of rotatable bonds is 7. The highest BCUT2D eigenvalue weighted by Crippen LogP contribution is 2.56. The van der Waals surface area contributed by atoms with Gasteiger partial charge < -0.3 is 24.8 Å². The molecule has 2 saturated carbocycles. The first kappa shape index (κ1) is 22.4. The molecule has 1 atom stereocenters. The van der Waals surface area contributed by atoms with Gasteiger partial charge in [0.05, 0.1) is 18.8 Å². The van der Waals surface area contributed by atoms with Crippen molar-refractivity contribution in [3.8, 4) is 5.75 Å². The summed E-state index contributed by atoms with van der Waals surface area (Å²) >= 11 is 0. The fraction of sp³-hybridized carbons (Fsp3) is 0.720. The van der Waals surface area contributed by atoms with Crippen molar-refractivity contribution in [3.63, 3.8) is 0 Å². The van der Waals surface area contributed by atoms with Crippen molar-refractivity contribution in [1.29, 1.82) is 0 Å². The summed E-state index contributed by atoms with van der Waals surface area (Å²) in [5.74, 6) is 2.21. The van der Waals surface area contributed by atoms with Crippen LogP contribution in [0.1, 0.15) is 68.5 Å². The lowest BCUT2D eigenvalue weighted by atomic mass is 9.68. The Morgan fingerprint density at radius 3 is 2.58 bits per heavy atom. The van der Waals surface area contributed by atoms with Crippen molar-refractivity contribution in [2.24, 2.45) is 22.1 Å². The number of fused-ring (bicyclic) bond motifs is 1. The molecule has 0 saturated heterocycles. The molecule has 2 N–H and O–H groups in total. The predicted octanol–water partition coefficient (Wildman–Crippen LogP) is 4.28. The first-order chi connectivity index (χ1) is 15.0. The maximum absolute atomic E-state index is 6.40. The number of hydrogen-bond donors (Lipinski definition) is 1. The second-order valence-electron chi connectivity index (χ2n) is 9.80. The van der Waals surface area contributed by atoms with Gasteiger partial charge in [-0.15, -0.1) is 0 Å². The zero-order valence-corrected chi connectivity index (χ0v) is 19.4. The maximum Gasteiger partial charge on any atom is 0.193 e. The van der Waals surface area contributed by atoms with Gasteiger partial charge in [0.2, 0.25) is 0 Å². The molecule has 0 radical (unpaired) electrons. The van der Waals surface area contributed by atoms with Crippen LogP contribution in [-0.2, 0) is 15.9 Å². The molecule has 0 bridgehead atoms. The largest absolute Gasteiger partial charge is 0.493 e. The SMILES string of the molecule is COCN(C)/C(N)=N\C1c2cc(OCC3CCCC3)ccc2CC12CCC(OC)CC2. The van der Waals surface area contributed by atoms with Gasteiger partial charge in [-0.25, -0.2) is 4.99 Å². The van der Waals surface area contributed by atoms with Crippen molar-refractivity contribution in [2.45, 2.75) is 69.9 Å². The quantitative estimate of drug-likeness (QED) is 0.398. The highest BCUT2D eigenvalue weighted by molar-refractivity contribution is 5.78. The fourth-order valence-electron chi connectivity index (χ4n) is 5.82. The average molecular weight is 430 g/mol. The van der Waals surface area contributed by atoms with Crippen LogP contribution in [0.5, 0.6) is 5.75 Å². The first-order valence-corrected chi connectivity index (χ1v) is 11.9. The topological polar surface area (TPSA) is 69.3 Å². The molecular formula is C25H39N3O3. The summed E-state index contributed by atoms with van der Waals surface area (Å²) in [5, 5.41) is 0. The van der Waals surface area contributed by atoms with E-state index >= 15 is 0 Å². The maximum atomic E-state index is 6.40. The van der Waals surface area contributed by atoms with E-state index in [2.05, 4.69) is 18.2 Å². The number of aliphatic imine (C=N–C) groups is 1. The average Bonchev–Trinajstić information content (AvgIpc) is 3.40. The van der Waals surface area contributed by atoms with Gasteiger partial charge in [-0.05, 0) is 74.1 Å². The van der Waals surface area contributed by atoms with E-state index in [9.17, 15) is 0 Å². The monoisotopic (exact) mass is 429 g/mol. The Bertz CT molecular complexity index is 767. The van der Waals surface area contributed by atoms with Crippen molar-refractivity contribution < 1.29 is 14.2 Å². The molecule has 2 fully saturated rings. The van der Waals surface area contributed by atoms with Crippen LogP contribution in [-0.4, -0.2) is 51.6 Å². The van der Waals surface area contributed by atoms with Crippen molar-refractivity contribution in [1.82, 2.24) is 4.90 Å². The third-order valence-electron chi connectivity index (χ3n) is 7.73. The minimum absolute atomic E-state index is 0.0506. The number of benzene rings is 1. The number of methoxy groups -OCH3 is 2. The van der Waals surface area contributed by atoms with Gasteiger partial charge in [-0.1, -0.05) is 18.9 Å². The van der Waals surface area contributed by atoms with Crippen LogP contribution < -0.4 is 10.5 Å². The van der Waals surface area contributed by atoms with E-state index in [1.54, 1.807) is 7.11 Å². The molecule has 6 heteroatoms. The molecule has 0 heterocycles. The third-order valence-corrected chi connectivity index (χ3v) is 7.73. The normalized spacial score (nSPS) is 28.8. The van der Waals surface area contributed by atoms with Gasteiger partial charge in [-0.3, -0.25) is 0 Å². The van der Waals surface area contributed by atoms with E-state index in [1.165, 1.54) is 36.8 Å². The van der Waals surface area contributed by atoms with E-state index in [0.717, 1.165) is 44.5 Å². The second kappa shape index (κ2) is 9.78. The van der Waals surface area contributed by atoms with E-state index in [4.69, 9.17) is 24.9 Å². The second-order valence-corrected chi connectivity index (χ2v) is 9.80. The highest BCUT2D eigenvalue weighted by Gasteiger charge is 2.48. The Morgan fingerprint density at radius 1 is 1.16 bits per heavy atom. The molecule has 0 aliphatic heterocycles. The van der Waals surface area contributed by atoms with Gasteiger partial charge >= 0.3 is 0 Å². The van der Waals surface area contributed by atoms with Gasteiger partial charge in [0.15, 0.2) is 5.96 Å². The lowest BCUT2D eigenvalue weighted by Gasteiger charge is -2.40. The van der Waals surface area contributed by atoms with Crippen LogP contribution in [0.25, 0.3) is 0 Å². The van der Waals surface area contributed by atoms with Crippen molar-refractivity contribution in [3.05, 3.63) is 29.3 Å². The zero-order chi connectivity index (χ0) is 21.8. The van der Waals surface area contributed by atoms with E-state index in [-0.39, 0.29) is 11.5 Å². The molecule has 31 heavy (non-hydrogen) atoms. The number of guanidine groups is 1. The van der Waals surface area contributed by atoms with Gasteiger partial charge in [0.1, 0.15) is 12.5 Å². The molecule has 3 aliphatic carbocycles.